The topological polar surface area (TPSA) is 87.3 Å². The lowest BCUT2D eigenvalue weighted by atomic mass is 10.0. The monoisotopic (exact) mass is 373 g/mol. The number of aromatic nitrogens is 2. The first-order chi connectivity index (χ1) is 13.7. The zero-order chi connectivity index (χ0) is 19.5. The smallest absolute Gasteiger partial charge is 0.337 e. The zero-order valence-corrected chi connectivity index (χ0v) is 15.4. The van der Waals surface area contributed by atoms with E-state index in [1.54, 1.807) is 18.3 Å². The number of nitrogens with one attached hydrogen (secondary N) is 2. The summed E-state index contributed by atoms with van der Waals surface area (Å²) in [7, 11) is 1.36. The minimum atomic E-state index is -0.353. The van der Waals surface area contributed by atoms with E-state index in [4.69, 9.17) is 4.74 Å². The molecular formula is C22H19N3O3. The van der Waals surface area contributed by atoms with Crippen molar-refractivity contribution >= 4 is 29.5 Å². The van der Waals surface area contributed by atoms with Crippen LogP contribution in [-0.4, -0.2) is 29.5 Å². The van der Waals surface area contributed by atoms with Gasteiger partial charge in [-0.15, -0.1) is 0 Å². The Hall–Kier alpha value is -3.67. The molecule has 28 heavy (non-hydrogen) atoms. The third kappa shape index (κ3) is 3.44. The average molecular weight is 373 g/mol. The van der Waals surface area contributed by atoms with Crippen molar-refractivity contribution < 1.29 is 9.53 Å². The first-order valence-electron chi connectivity index (χ1n) is 8.97. The van der Waals surface area contributed by atoms with Crippen LogP contribution in [0.5, 0.6) is 0 Å². The highest BCUT2D eigenvalue weighted by atomic mass is 16.5. The Bertz CT molecular complexity index is 1130. The lowest BCUT2D eigenvalue weighted by Crippen LogP contribution is -2.04. The third-order valence-electron chi connectivity index (χ3n) is 4.79. The number of aryl methyl sites for hydroxylation is 2. The van der Waals surface area contributed by atoms with Gasteiger partial charge in [0, 0.05) is 23.0 Å². The van der Waals surface area contributed by atoms with Gasteiger partial charge in [0.15, 0.2) is 0 Å². The number of aliphatic imine (C=N–C) groups is 1. The van der Waals surface area contributed by atoms with Crippen molar-refractivity contribution in [1.29, 1.82) is 0 Å². The molecule has 0 unspecified atom stereocenters. The van der Waals surface area contributed by atoms with Gasteiger partial charge in [-0.3, -0.25) is 14.9 Å². The lowest BCUT2D eigenvalue weighted by molar-refractivity contribution is 0.0600. The molecule has 4 rings (SSSR count). The molecule has 0 aliphatic carbocycles. The van der Waals surface area contributed by atoms with Gasteiger partial charge in [-0.1, -0.05) is 30.3 Å². The van der Waals surface area contributed by atoms with Crippen LogP contribution in [0.2, 0.25) is 0 Å². The molecule has 3 aromatic rings. The van der Waals surface area contributed by atoms with Crippen LogP contribution in [0.4, 0.5) is 5.69 Å². The van der Waals surface area contributed by atoms with Crippen LogP contribution in [0.15, 0.2) is 58.3 Å². The van der Waals surface area contributed by atoms with Crippen LogP contribution in [0, 0.1) is 0 Å². The number of hydrogen-bond acceptors (Lipinski definition) is 4. The van der Waals surface area contributed by atoms with Gasteiger partial charge in [-0.05, 0) is 42.7 Å². The van der Waals surface area contributed by atoms with Gasteiger partial charge in [0.05, 0.1) is 23.9 Å². The normalized spacial score (nSPS) is 13.7. The van der Waals surface area contributed by atoms with Gasteiger partial charge < -0.3 is 9.84 Å². The molecule has 0 radical (unpaired) electrons. The van der Waals surface area contributed by atoms with Crippen LogP contribution in [0.3, 0.4) is 0 Å². The molecule has 2 N–H and O–H groups in total. The van der Waals surface area contributed by atoms with Gasteiger partial charge >= 0.3 is 5.97 Å². The maximum atomic E-state index is 12.3. The number of hydrogen-bond donors (Lipinski definition) is 2. The predicted molar refractivity (Wildman–Crippen MR) is 109 cm³/mol. The molecule has 6 heteroatoms. The van der Waals surface area contributed by atoms with Crippen LogP contribution in [0.1, 0.15) is 32.7 Å². The van der Waals surface area contributed by atoms with Crippen LogP contribution in [0.25, 0.3) is 11.6 Å². The highest BCUT2D eigenvalue weighted by Gasteiger charge is 2.14. The number of fused-ring (bicyclic) bond motifs is 1. The van der Waals surface area contributed by atoms with Crippen LogP contribution < -0.4 is 5.56 Å². The Morgan fingerprint density at radius 1 is 1.07 bits per heavy atom. The average Bonchev–Trinajstić information content (AvgIpc) is 3.30. The maximum absolute atomic E-state index is 12.3. The summed E-state index contributed by atoms with van der Waals surface area (Å²) in [5.74, 6) is -0.353. The molecule has 0 spiro atoms. The lowest BCUT2D eigenvalue weighted by Gasteiger charge is -2.04. The van der Waals surface area contributed by atoms with Gasteiger partial charge in [-0.2, -0.15) is 0 Å². The predicted octanol–water partition coefficient (Wildman–Crippen LogP) is 3.53. The zero-order valence-electron chi connectivity index (χ0n) is 15.4. The Morgan fingerprint density at radius 2 is 1.86 bits per heavy atom. The number of rotatable bonds is 5. The fourth-order valence-electron chi connectivity index (χ4n) is 3.26. The number of allylic oxidation sites excluding steroid dienone is 1. The van der Waals surface area contributed by atoms with Gasteiger partial charge in [0.1, 0.15) is 0 Å². The number of aromatic amines is 2. The summed E-state index contributed by atoms with van der Waals surface area (Å²) in [6, 6.07) is 15.1. The minimum Gasteiger partial charge on any atom is -0.465 e. The minimum absolute atomic E-state index is 0.152. The molecule has 2 aromatic carbocycles. The summed E-state index contributed by atoms with van der Waals surface area (Å²) in [6.07, 6.45) is 5.05. The second-order valence-electron chi connectivity index (χ2n) is 6.53. The second kappa shape index (κ2) is 7.52. The number of para-hydroxylation sites is 1. The van der Waals surface area contributed by atoms with E-state index >= 15 is 0 Å². The Labute approximate surface area is 161 Å². The molecule has 0 saturated heterocycles. The fraction of sp³-hybridized carbons (Fsp3) is 0.136. The number of carbonyl (C=O) groups is 1. The molecule has 0 bridgehead atoms. The van der Waals surface area contributed by atoms with Crippen molar-refractivity contribution in [3.05, 3.63) is 86.8 Å². The van der Waals surface area contributed by atoms with Crippen LogP contribution in [-0.2, 0) is 17.6 Å². The highest BCUT2D eigenvalue weighted by molar-refractivity contribution is 6.21. The molecule has 1 aromatic heterocycles. The first kappa shape index (κ1) is 17.7. The van der Waals surface area contributed by atoms with E-state index in [1.807, 2.05) is 42.5 Å². The Morgan fingerprint density at radius 3 is 2.64 bits per heavy atom. The molecule has 0 atom stereocenters. The number of nitrogens with zero attached hydrogens (tertiary/aromatic N) is 1. The van der Waals surface area contributed by atoms with Crippen molar-refractivity contribution in [2.75, 3.05) is 7.11 Å². The molecule has 0 fully saturated rings. The number of methoxy groups -OCH3 is 1. The number of carbonyl (C=O) groups excluding carboxylic acids is 1. The summed E-state index contributed by atoms with van der Waals surface area (Å²) in [4.78, 5) is 28.2. The van der Waals surface area contributed by atoms with E-state index < -0.39 is 0 Å². The van der Waals surface area contributed by atoms with E-state index in [0.29, 0.717) is 17.5 Å². The Balaban J connectivity index is 1.54. The van der Waals surface area contributed by atoms with Crippen molar-refractivity contribution in [3.8, 4) is 0 Å². The van der Waals surface area contributed by atoms with Crippen molar-refractivity contribution in [1.82, 2.24) is 10.2 Å². The van der Waals surface area contributed by atoms with Gasteiger partial charge in [0.25, 0.3) is 5.56 Å². The Kier molecular flexibility index (Phi) is 4.76. The standard InChI is InChI=1S/C22H19N3O3/c1-28-22(27)15-9-6-14(7-10-15)8-11-20-18(21(26)25-24-20)12-16-13-23-19-5-3-2-4-17(16)19/h2-7,9-10,12-13H,8,11H2,1H3,(H2,24,25,26). The first-order valence-corrected chi connectivity index (χ1v) is 8.97. The highest BCUT2D eigenvalue weighted by Crippen LogP contribution is 2.32. The molecular weight excluding hydrogens is 354 g/mol. The molecule has 1 aliphatic heterocycles. The van der Waals surface area contributed by atoms with Crippen LogP contribution >= 0.6 is 0 Å². The summed E-state index contributed by atoms with van der Waals surface area (Å²) in [6.45, 7) is 0. The third-order valence-corrected chi connectivity index (χ3v) is 4.79. The molecule has 2 heterocycles. The van der Waals surface area contributed by atoms with Crippen molar-refractivity contribution in [2.24, 2.45) is 4.99 Å². The number of esters is 1. The van der Waals surface area contributed by atoms with Crippen molar-refractivity contribution in [2.45, 2.75) is 12.8 Å². The van der Waals surface area contributed by atoms with E-state index in [1.165, 1.54) is 7.11 Å². The molecule has 0 amide bonds. The van der Waals surface area contributed by atoms with E-state index in [2.05, 4.69) is 15.2 Å². The number of H-pyrrole nitrogens is 2. The summed E-state index contributed by atoms with van der Waals surface area (Å²) >= 11 is 0. The maximum Gasteiger partial charge on any atom is 0.337 e. The quantitative estimate of drug-likeness (QED) is 0.671. The van der Waals surface area contributed by atoms with E-state index in [9.17, 15) is 9.59 Å². The van der Waals surface area contributed by atoms with Gasteiger partial charge in [0.2, 0.25) is 0 Å². The fourth-order valence-corrected chi connectivity index (χ4v) is 3.26. The number of benzene rings is 2. The van der Waals surface area contributed by atoms with E-state index in [0.717, 1.165) is 34.5 Å². The molecule has 1 aliphatic rings. The van der Waals surface area contributed by atoms with Gasteiger partial charge in [-0.25, -0.2) is 4.79 Å². The van der Waals surface area contributed by atoms with Crippen molar-refractivity contribution in [3.63, 3.8) is 0 Å². The SMILES string of the molecule is COC(=O)c1ccc(CCc2[nH][nH]c(=O)c2C=C2C=Nc3ccccc32)cc1. The summed E-state index contributed by atoms with van der Waals surface area (Å²) in [5.41, 5.74) is 5.75. The second-order valence-corrected chi connectivity index (χ2v) is 6.53. The molecule has 140 valence electrons. The largest absolute Gasteiger partial charge is 0.465 e. The molecule has 0 saturated carbocycles. The van der Waals surface area contributed by atoms with E-state index in [-0.39, 0.29) is 11.5 Å². The summed E-state index contributed by atoms with van der Waals surface area (Å²) < 4.78 is 4.71. The summed E-state index contributed by atoms with van der Waals surface area (Å²) in [5, 5.41) is 5.65. The number of ether oxygens (including phenoxy) is 1. The molecule has 6 nitrogen and oxygen atoms in total.